The Balaban J connectivity index is 2.77. The second kappa shape index (κ2) is 5.83. The first-order valence-corrected chi connectivity index (χ1v) is 7.34. The Bertz CT molecular complexity index is 409. The van der Waals surface area contributed by atoms with E-state index < -0.39 is 28.8 Å². The molecule has 0 heterocycles. The van der Waals surface area contributed by atoms with Crippen LogP contribution in [-0.4, -0.2) is 35.3 Å². The molecule has 1 rings (SSSR count). The molecule has 1 fully saturated rings. The fourth-order valence-corrected chi connectivity index (χ4v) is 2.19. The number of hydrogen-bond acceptors (Lipinski definition) is 5. The van der Waals surface area contributed by atoms with Crippen LogP contribution in [-0.2, 0) is 14.3 Å². The van der Waals surface area contributed by atoms with Crippen LogP contribution in [0.4, 0.5) is 4.79 Å². The van der Waals surface area contributed by atoms with Crippen molar-refractivity contribution < 1.29 is 19.1 Å². The SMILES string of the molecule is CC(C)(C)OC(=O)N[C@]1(C(=O)OC(C)(C)C)C[C@@H]1CCN. The van der Waals surface area contributed by atoms with E-state index in [2.05, 4.69) is 5.32 Å². The molecule has 122 valence electrons. The van der Waals surface area contributed by atoms with E-state index in [0.717, 1.165) is 0 Å². The Morgan fingerprint density at radius 3 is 2.10 bits per heavy atom. The number of rotatable bonds is 4. The summed E-state index contributed by atoms with van der Waals surface area (Å²) >= 11 is 0. The first-order valence-electron chi connectivity index (χ1n) is 7.34. The van der Waals surface area contributed by atoms with Gasteiger partial charge in [-0.05, 0) is 66.8 Å². The number of nitrogens with two attached hydrogens (primary N) is 1. The van der Waals surface area contributed by atoms with Gasteiger partial charge >= 0.3 is 12.1 Å². The van der Waals surface area contributed by atoms with Gasteiger partial charge in [0, 0.05) is 0 Å². The first kappa shape index (κ1) is 17.8. The minimum Gasteiger partial charge on any atom is -0.458 e. The molecule has 0 unspecified atom stereocenters. The molecule has 6 heteroatoms. The third-order valence-corrected chi connectivity index (χ3v) is 3.11. The molecule has 0 spiro atoms. The van der Waals surface area contributed by atoms with Crippen molar-refractivity contribution in [2.45, 2.75) is 71.1 Å². The molecular weight excluding hydrogens is 272 g/mol. The summed E-state index contributed by atoms with van der Waals surface area (Å²) in [6.07, 6.45) is 0.598. The van der Waals surface area contributed by atoms with Crippen LogP contribution < -0.4 is 11.1 Å². The van der Waals surface area contributed by atoms with Crippen LogP contribution in [0.5, 0.6) is 0 Å². The zero-order valence-electron chi connectivity index (χ0n) is 13.9. The molecule has 1 amide bonds. The minimum atomic E-state index is -0.991. The molecule has 2 atom stereocenters. The lowest BCUT2D eigenvalue weighted by atomic mass is 10.1. The van der Waals surface area contributed by atoms with Crippen molar-refractivity contribution in [3.63, 3.8) is 0 Å². The smallest absolute Gasteiger partial charge is 0.408 e. The van der Waals surface area contributed by atoms with Gasteiger partial charge in [-0.25, -0.2) is 9.59 Å². The highest BCUT2D eigenvalue weighted by Gasteiger charge is 2.62. The fraction of sp³-hybridized carbons (Fsp3) is 0.867. The van der Waals surface area contributed by atoms with Crippen LogP contribution in [0, 0.1) is 5.92 Å². The molecule has 21 heavy (non-hydrogen) atoms. The van der Waals surface area contributed by atoms with Gasteiger partial charge in [-0.2, -0.15) is 0 Å². The highest BCUT2D eigenvalue weighted by Crippen LogP contribution is 2.47. The number of carbonyl (C=O) groups excluding carboxylic acids is 2. The van der Waals surface area contributed by atoms with Crippen LogP contribution >= 0.6 is 0 Å². The van der Waals surface area contributed by atoms with Crippen LogP contribution in [0.1, 0.15) is 54.4 Å². The van der Waals surface area contributed by atoms with Gasteiger partial charge in [0.05, 0.1) is 0 Å². The Hall–Kier alpha value is -1.30. The predicted molar refractivity (Wildman–Crippen MR) is 79.7 cm³/mol. The molecule has 1 saturated carbocycles. The topological polar surface area (TPSA) is 90.6 Å². The maximum Gasteiger partial charge on any atom is 0.408 e. The van der Waals surface area contributed by atoms with Crippen LogP contribution in [0.2, 0.25) is 0 Å². The molecule has 1 aliphatic carbocycles. The summed E-state index contributed by atoms with van der Waals surface area (Å²) in [5.74, 6) is -0.413. The third kappa shape index (κ3) is 5.19. The van der Waals surface area contributed by atoms with E-state index in [1.54, 1.807) is 41.5 Å². The Kier molecular flexibility index (Phi) is 4.93. The molecule has 0 aromatic heterocycles. The van der Waals surface area contributed by atoms with Gasteiger partial charge in [-0.3, -0.25) is 0 Å². The Morgan fingerprint density at radius 2 is 1.67 bits per heavy atom. The van der Waals surface area contributed by atoms with Crippen LogP contribution in [0.25, 0.3) is 0 Å². The van der Waals surface area contributed by atoms with Gasteiger partial charge < -0.3 is 20.5 Å². The number of esters is 1. The number of amides is 1. The van der Waals surface area contributed by atoms with Crippen molar-refractivity contribution in [3.8, 4) is 0 Å². The maximum absolute atomic E-state index is 12.4. The lowest BCUT2D eigenvalue weighted by Gasteiger charge is -2.27. The molecule has 0 bridgehead atoms. The molecule has 1 aliphatic rings. The van der Waals surface area contributed by atoms with Crippen molar-refractivity contribution in [1.29, 1.82) is 0 Å². The second-order valence-corrected chi connectivity index (χ2v) is 7.58. The summed E-state index contributed by atoms with van der Waals surface area (Å²) in [6, 6.07) is 0. The summed E-state index contributed by atoms with van der Waals surface area (Å²) in [5, 5.41) is 2.69. The third-order valence-electron chi connectivity index (χ3n) is 3.11. The molecule has 6 nitrogen and oxygen atoms in total. The molecule has 3 N–H and O–H groups in total. The summed E-state index contributed by atoms with van der Waals surface area (Å²) in [4.78, 5) is 24.4. The Labute approximate surface area is 126 Å². The quantitative estimate of drug-likeness (QED) is 0.774. The standard InChI is InChI=1S/C15H28N2O4/c1-13(2,3)20-11(18)15(9-10(15)7-8-16)17-12(19)21-14(4,5)6/h10H,7-9,16H2,1-6H3,(H,17,19)/t10-,15+/m0/s1. The summed E-state index contributed by atoms with van der Waals surface area (Å²) in [5.41, 5.74) is 3.35. The molecule has 0 aromatic rings. The maximum atomic E-state index is 12.4. The highest BCUT2D eigenvalue weighted by atomic mass is 16.6. The second-order valence-electron chi connectivity index (χ2n) is 7.58. The highest BCUT2D eigenvalue weighted by molar-refractivity contribution is 5.90. The lowest BCUT2D eigenvalue weighted by Crippen LogP contribution is -2.49. The van der Waals surface area contributed by atoms with Gasteiger partial charge in [-0.15, -0.1) is 0 Å². The monoisotopic (exact) mass is 300 g/mol. The van der Waals surface area contributed by atoms with E-state index in [9.17, 15) is 9.59 Å². The van der Waals surface area contributed by atoms with Crippen molar-refractivity contribution >= 4 is 12.1 Å². The largest absolute Gasteiger partial charge is 0.458 e. The van der Waals surface area contributed by atoms with E-state index in [1.165, 1.54) is 0 Å². The van der Waals surface area contributed by atoms with E-state index >= 15 is 0 Å². The lowest BCUT2D eigenvalue weighted by molar-refractivity contribution is -0.159. The van der Waals surface area contributed by atoms with Crippen molar-refractivity contribution in [2.24, 2.45) is 11.7 Å². The van der Waals surface area contributed by atoms with Gasteiger partial charge in [0.1, 0.15) is 16.7 Å². The molecule has 0 saturated heterocycles. The normalized spacial score (nSPS) is 25.2. The van der Waals surface area contributed by atoms with Gasteiger partial charge in [0.2, 0.25) is 0 Å². The van der Waals surface area contributed by atoms with Gasteiger partial charge in [0.15, 0.2) is 0 Å². The van der Waals surface area contributed by atoms with E-state index in [4.69, 9.17) is 15.2 Å². The van der Waals surface area contributed by atoms with E-state index in [0.29, 0.717) is 19.4 Å². The number of nitrogens with one attached hydrogen (secondary N) is 1. The predicted octanol–water partition coefficient (Wildman–Crippen LogP) is 1.96. The fourth-order valence-electron chi connectivity index (χ4n) is 2.19. The molecule has 0 radical (unpaired) electrons. The zero-order chi connectivity index (χ0) is 16.5. The zero-order valence-corrected chi connectivity index (χ0v) is 13.9. The van der Waals surface area contributed by atoms with E-state index in [-0.39, 0.29) is 5.92 Å². The van der Waals surface area contributed by atoms with Crippen LogP contribution in [0.3, 0.4) is 0 Å². The number of alkyl carbamates (subject to hydrolysis) is 1. The van der Waals surface area contributed by atoms with E-state index in [1.807, 2.05) is 0 Å². The van der Waals surface area contributed by atoms with Crippen LogP contribution in [0.15, 0.2) is 0 Å². The number of ether oxygens (including phenoxy) is 2. The average Bonchev–Trinajstić information content (AvgIpc) is 2.87. The minimum absolute atomic E-state index is 0.00451. The average molecular weight is 300 g/mol. The number of hydrogen-bond donors (Lipinski definition) is 2. The van der Waals surface area contributed by atoms with Gasteiger partial charge in [-0.1, -0.05) is 0 Å². The first-order chi connectivity index (χ1) is 9.39. The van der Waals surface area contributed by atoms with Crippen molar-refractivity contribution in [3.05, 3.63) is 0 Å². The summed E-state index contributed by atoms with van der Waals surface area (Å²) in [6.45, 7) is 11.2. The summed E-state index contributed by atoms with van der Waals surface area (Å²) in [7, 11) is 0. The number of carbonyl (C=O) groups is 2. The van der Waals surface area contributed by atoms with Gasteiger partial charge in [0.25, 0.3) is 0 Å². The summed E-state index contributed by atoms with van der Waals surface area (Å²) < 4.78 is 10.7. The molecular formula is C15H28N2O4. The van der Waals surface area contributed by atoms with Crippen molar-refractivity contribution in [2.75, 3.05) is 6.54 Å². The van der Waals surface area contributed by atoms with Crippen molar-refractivity contribution in [1.82, 2.24) is 5.32 Å². The molecule has 0 aromatic carbocycles. The Morgan fingerprint density at radius 1 is 1.14 bits per heavy atom. The molecule has 0 aliphatic heterocycles.